The third kappa shape index (κ3) is 22.2. The van der Waals surface area contributed by atoms with Gasteiger partial charge in [-0.2, -0.15) is 6.26 Å². The molecule has 0 fully saturated rings. The van der Waals surface area contributed by atoms with Crippen molar-refractivity contribution in [3.63, 3.8) is 0 Å². The van der Waals surface area contributed by atoms with Crippen LogP contribution in [-0.4, -0.2) is 12.5 Å². The Morgan fingerprint density at radius 3 is 1.56 bits per heavy atom. The number of carbonyl (C=O) groups excluding carboxylic acids is 1. The first-order valence-electron chi connectivity index (χ1n) is 9.13. The van der Waals surface area contributed by atoms with Crippen LogP contribution in [0.5, 0.6) is 0 Å². The molecule has 0 aliphatic carbocycles. The summed E-state index contributed by atoms with van der Waals surface area (Å²) in [5.74, 6) is 0. The van der Waals surface area contributed by atoms with E-state index in [1.165, 1.54) is 35.6 Å². The summed E-state index contributed by atoms with van der Waals surface area (Å²) >= 11 is 4.08. The molecular weight excluding hydrogens is 422 g/mol. The second kappa shape index (κ2) is 28.2. The zero-order chi connectivity index (χ0) is 20.8. The van der Waals surface area contributed by atoms with Gasteiger partial charge in [0.1, 0.15) is 6.29 Å². The van der Waals surface area contributed by atoms with Gasteiger partial charge in [-0.25, -0.2) is 0 Å². The fraction of sp³-hybridized carbons (Fsp3) is 0.375. The van der Waals surface area contributed by atoms with Crippen molar-refractivity contribution in [2.45, 2.75) is 54.9 Å². The molecule has 0 amide bonds. The molecule has 2 rings (SSSR count). The van der Waals surface area contributed by atoms with E-state index >= 15 is 0 Å². The van der Waals surface area contributed by atoms with Gasteiger partial charge in [-0.3, -0.25) is 0 Å². The summed E-state index contributed by atoms with van der Waals surface area (Å²) in [6, 6.07) is 19.0. The molecule has 0 aromatic heterocycles. The van der Waals surface area contributed by atoms with Crippen LogP contribution < -0.4 is 58.2 Å². The number of aldehydes is 1. The van der Waals surface area contributed by atoms with Gasteiger partial charge in [0.25, 0.3) is 0 Å². The fourth-order valence-electron chi connectivity index (χ4n) is 1.58. The minimum atomic E-state index is 0. The van der Waals surface area contributed by atoms with Crippen LogP contribution in [-0.2, 0) is 17.4 Å². The van der Waals surface area contributed by atoms with Crippen LogP contribution in [0.3, 0.4) is 0 Å². The van der Waals surface area contributed by atoms with E-state index in [1.54, 1.807) is 6.26 Å². The van der Waals surface area contributed by atoms with Gasteiger partial charge in [0.05, 0.1) is 0 Å². The Labute approximate surface area is 223 Å². The molecule has 0 unspecified atom stereocenters. The van der Waals surface area contributed by atoms with Gasteiger partial charge in [-0.05, 0) is 45.2 Å². The maximum atomic E-state index is 8.81. The number of hydrogen-bond donors (Lipinski definition) is 0. The fourth-order valence-corrected chi connectivity index (χ4v) is 1.58. The summed E-state index contributed by atoms with van der Waals surface area (Å²) in [4.78, 5) is 8.81. The van der Waals surface area contributed by atoms with Gasteiger partial charge in [-0.15, -0.1) is 0 Å². The van der Waals surface area contributed by atoms with Gasteiger partial charge >= 0.3 is 58.2 Å². The number of aryl methyl sites for hydroxylation is 1. The Bertz CT molecular complexity index is 548. The third-order valence-electron chi connectivity index (χ3n) is 3.21. The van der Waals surface area contributed by atoms with E-state index in [0.29, 0.717) is 0 Å². The van der Waals surface area contributed by atoms with E-state index in [-0.39, 0.29) is 58.2 Å². The van der Waals surface area contributed by atoms with Crippen molar-refractivity contribution in [3.05, 3.63) is 71.8 Å². The molecule has 0 atom stereocenters. The Morgan fingerprint density at radius 1 is 0.889 bits per heavy atom. The van der Waals surface area contributed by atoms with Crippen LogP contribution >= 0.6 is 0 Å². The molecule has 0 heterocycles. The van der Waals surface area contributed by atoms with Gasteiger partial charge in [0, 0.05) is 0 Å². The molecular formula is C24H37ORbS. The first-order valence-corrected chi connectivity index (χ1v) is 9.95. The van der Waals surface area contributed by atoms with E-state index in [9.17, 15) is 0 Å². The second-order valence-corrected chi connectivity index (χ2v) is 4.96. The quantitative estimate of drug-likeness (QED) is 0.376. The van der Waals surface area contributed by atoms with Crippen LogP contribution in [0.2, 0.25) is 0 Å². The van der Waals surface area contributed by atoms with Crippen molar-refractivity contribution in [2.24, 2.45) is 0 Å². The predicted molar refractivity (Wildman–Crippen MR) is 123 cm³/mol. The topological polar surface area (TPSA) is 17.1 Å². The smallest absolute Gasteiger partial charge is 0.796 e. The standard InChI is InChI=1S/C13H12.C6H12.C2H4O.C2H6.CH4S.Rb/c1-11-7-9-13(10-8-11)12-5-3-2-4-6-12;1-4-6(3)5-2;1-2-3;2*1-2;/h2-10H,1H3;4H,5H2,1-3H3;2H,1H3;1-2H3;2H,1H3;/q;;;;;+1/p-1/b;6-4+;;;;. The predicted octanol–water partition coefficient (Wildman–Crippen LogP) is 4.42. The molecule has 0 spiro atoms. The summed E-state index contributed by atoms with van der Waals surface area (Å²) in [6.45, 7) is 13.9. The molecule has 2 aromatic rings. The average molecular weight is 459 g/mol. The molecule has 27 heavy (non-hydrogen) atoms. The SMILES string of the molecule is C/C=C(\C)CC.CC.CC=O.C[S-].Cc1ccc(-c2ccccc2)cc1.[Rb+]. The Hall–Kier alpha value is 0.00519. The summed E-state index contributed by atoms with van der Waals surface area (Å²) in [6.07, 6.45) is 5.66. The first-order chi connectivity index (χ1) is 12.6. The Kier molecular flexibility index (Phi) is 36.1. The molecule has 0 saturated carbocycles. The first kappa shape index (κ1) is 34.5. The van der Waals surface area contributed by atoms with Crippen LogP contribution in [0.25, 0.3) is 11.1 Å². The summed E-state index contributed by atoms with van der Waals surface area (Å²) in [7, 11) is 0. The van der Waals surface area contributed by atoms with Crippen molar-refractivity contribution in [2.75, 3.05) is 6.26 Å². The Morgan fingerprint density at radius 2 is 1.26 bits per heavy atom. The zero-order valence-corrected chi connectivity index (χ0v) is 24.6. The van der Waals surface area contributed by atoms with Gasteiger partial charge < -0.3 is 17.4 Å². The third-order valence-corrected chi connectivity index (χ3v) is 3.21. The number of allylic oxidation sites excluding steroid dienone is 2. The second-order valence-electron chi connectivity index (χ2n) is 4.96. The van der Waals surface area contributed by atoms with E-state index in [4.69, 9.17) is 4.79 Å². The van der Waals surface area contributed by atoms with E-state index in [0.717, 1.165) is 6.29 Å². The molecule has 0 aliphatic rings. The van der Waals surface area contributed by atoms with Crippen LogP contribution in [0.1, 0.15) is 53.5 Å². The number of rotatable bonds is 2. The van der Waals surface area contributed by atoms with Crippen LogP contribution in [0, 0.1) is 6.92 Å². The number of benzene rings is 2. The van der Waals surface area contributed by atoms with Crippen molar-refractivity contribution in [1.29, 1.82) is 0 Å². The number of hydrogen-bond acceptors (Lipinski definition) is 2. The molecule has 0 radical (unpaired) electrons. The Balaban J connectivity index is -0.000000161. The minimum Gasteiger partial charge on any atom is -0.796 e. The van der Waals surface area contributed by atoms with Crippen LogP contribution in [0.15, 0.2) is 66.2 Å². The molecule has 3 heteroatoms. The molecule has 0 aliphatic heterocycles. The number of carbonyl (C=O) groups is 1. The monoisotopic (exact) mass is 458 g/mol. The van der Waals surface area contributed by atoms with E-state index < -0.39 is 0 Å². The summed E-state index contributed by atoms with van der Waals surface area (Å²) < 4.78 is 0. The molecule has 146 valence electrons. The average Bonchev–Trinajstić information content (AvgIpc) is 2.72. The van der Waals surface area contributed by atoms with Crippen molar-refractivity contribution in [1.82, 2.24) is 0 Å². The van der Waals surface area contributed by atoms with Gasteiger partial charge in [-0.1, -0.05) is 92.6 Å². The van der Waals surface area contributed by atoms with Gasteiger partial charge in [0.15, 0.2) is 0 Å². The molecule has 0 saturated heterocycles. The summed E-state index contributed by atoms with van der Waals surface area (Å²) in [5, 5.41) is 0. The molecule has 0 N–H and O–H groups in total. The molecule has 2 aromatic carbocycles. The van der Waals surface area contributed by atoms with E-state index in [2.05, 4.69) is 94.9 Å². The minimum absolute atomic E-state index is 0. The summed E-state index contributed by atoms with van der Waals surface area (Å²) in [5.41, 5.74) is 5.34. The van der Waals surface area contributed by atoms with Gasteiger partial charge in [0.2, 0.25) is 0 Å². The van der Waals surface area contributed by atoms with Crippen molar-refractivity contribution in [3.8, 4) is 11.1 Å². The normalized spacial score (nSPS) is 8.41. The maximum absolute atomic E-state index is 8.81. The van der Waals surface area contributed by atoms with Crippen molar-refractivity contribution >= 4 is 18.9 Å². The molecule has 1 nitrogen and oxygen atoms in total. The van der Waals surface area contributed by atoms with Crippen LogP contribution in [0.4, 0.5) is 0 Å². The maximum Gasteiger partial charge on any atom is 1.00 e. The van der Waals surface area contributed by atoms with Crippen molar-refractivity contribution < 1.29 is 63.0 Å². The largest absolute Gasteiger partial charge is 1.00 e. The molecule has 0 bridgehead atoms. The zero-order valence-electron chi connectivity index (χ0n) is 18.9. The van der Waals surface area contributed by atoms with E-state index in [1.807, 2.05) is 19.9 Å².